The van der Waals surface area contributed by atoms with E-state index in [9.17, 15) is 24.3 Å². The molecule has 0 aliphatic carbocycles. The summed E-state index contributed by atoms with van der Waals surface area (Å²) in [6, 6.07) is 5.34. The Hall–Kier alpha value is -3.92. The van der Waals surface area contributed by atoms with E-state index in [2.05, 4.69) is 4.98 Å². The number of ketones is 1. The Labute approximate surface area is 209 Å². The number of carbonyl (C=O) groups is 4. The zero-order valence-electron chi connectivity index (χ0n) is 21.3. The summed E-state index contributed by atoms with van der Waals surface area (Å²) in [6.45, 7) is 4.23. The number of nitrogens with one attached hydrogen (secondary N) is 2. The number of benzene rings is 1. The molecule has 192 valence electrons. The highest BCUT2D eigenvalue weighted by Crippen LogP contribution is 2.40. The van der Waals surface area contributed by atoms with Crippen molar-refractivity contribution in [2.45, 2.75) is 26.3 Å². The monoisotopic (exact) mass is 497 g/mol. The Bertz CT molecular complexity index is 1220. The third-order valence-corrected chi connectivity index (χ3v) is 6.31. The summed E-state index contributed by atoms with van der Waals surface area (Å²) in [7, 11) is 6.47. The summed E-state index contributed by atoms with van der Waals surface area (Å²) in [6.07, 6.45) is 0.619. The van der Waals surface area contributed by atoms with E-state index in [4.69, 9.17) is 9.47 Å². The number of aryl methyl sites for hydroxylation is 1. The largest absolute Gasteiger partial charge is 0.872 e. The van der Waals surface area contributed by atoms with E-state index in [1.54, 1.807) is 26.0 Å². The minimum Gasteiger partial charge on any atom is -0.872 e. The molecule has 36 heavy (non-hydrogen) atoms. The standard InChI is InChI=1S/C26H31N3O7/c1-14-18(15(2)27-20(14)26(34)36-6)22(30)19-21(16-8-10-17(11-9-16)25(33)35-5)29(24(32)23(19)31)13-7-12-28(3)4/h8-11,21,27,30H,7,12-13H2,1-6H3/b22-19+. The topological polar surface area (TPSA) is 133 Å². The van der Waals surface area contributed by atoms with Gasteiger partial charge in [0, 0.05) is 24.2 Å². The van der Waals surface area contributed by atoms with Crippen LogP contribution in [0, 0.1) is 13.8 Å². The molecule has 0 spiro atoms. The normalized spacial score (nSPS) is 17.1. The lowest BCUT2D eigenvalue weighted by molar-refractivity contribution is -0.858. The van der Waals surface area contributed by atoms with Gasteiger partial charge >= 0.3 is 11.9 Å². The molecule has 2 heterocycles. The second kappa shape index (κ2) is 10.8. The van der Waals surface area contributed by atoms with Crippen molar-refractivity contribution < 1.29 is 38.7 Å². The zero-order valence-corrected chi connectivity index (χ0v) is 21.3. The van der Waals surface area contributed by atoms with Crippen LogP contribution in [0.15, 0.2) is 29.8 Å². The first-order valence-electron chi connectivity index (χ1n) is 11.5. The highest BCUT2D eigenvalue weighted by molar-refractivity contribution is 6.46. The van der Waals surface area contributed by atoms with Crippen LogP contribution in [-0.2, 0) is 19.1 Å². The summed E-state index contributed by atoms with van der Waals surface area (Å²) in [5.74, 6) is -3.43. The van der Waals surface area contributed by atoms with Crippen molar-refractivity contribution >= 4 is 29.4 Å². The first-order valence-corrected chi connectivity index (χ1v) is 11.5. The highest BCUT2D eigenvalue weighted by atomic mass is 16.5. The van der Waals surface area contributed by atoms with Crippen LogP contribution in [-0.4, -0.2) is 74.9 Å². The Kier molecular flexibility index (Phi) is 7.99. The maximum Gasteiger partial charge on any atom is 0.354 e. The molecule has 0 saturated carbocycles. The maximum absolute atomic E-state index is 13.8. The molecule has 1 aliphatic heterocycles. The fourth-order valence-corrected chi connectivity index (χ4v) is 4.50. The molecular formula is C26H31N3O7. The second-order valence-electron chi connectivity index (χ2n) is 9.01. The summed E-state index contributed by atoms with van der Waals surface area (Å²) in [5, 5.41) is 13.8. The quantitative estimate of drug-likeness (QED) is 0.226. The number of esters is 2. The van der Waals surface area contributed by atoms with Crippen LogP contribution >= 0.6 is 0 Å². The van der Waals surface area contributed by atoms with Crippen LogP contribution in [0.1, 0.15) is 55.7 Å². The van der Waals surface area contributed by atoms with E-state index < -0.39 is 35.4 Å². The van der Waals surface area contributed by atoms with Crippen molar-refractivity contribution in [3.8, 4) is 0 Å². The number of Topliss-reactive ketones (excluding diaryl/α,β-unsaturated/α-hetero) is 1. The molecule has 1 aromatic heterocycles. The van der Waals surface area contributed by atoms with E-state index in [0.717, 1.165) is 6.54 Å². The molecule has 2 N–H and O–H groups in total. The minimum absolute atomic E-state index is 0.112. The smallest absolute Gasteiger partial charge is 0.354 e. The van der Waals surface area contributed by atoms with Gasteiger partial charge in [-0.25, -0.2) is 9.59 Å². The fraction of sp³-hybridized carbons (Fsp3) is 0.385. The molecule has 0 bridgehead atoms. The van der Waals surface area contributed by atoms with Crippen molar-refractivity contribution in [1.82, 2.24) is 9.88 Å². The molecule has 1 unspecified atom stereocenters. The molecule has 10 nitrogen and oxygen atoms in total. The molecule has 3 rings (SSSR count). The molecule has 2 aromatic rings. The number of H-pyrrole nitrogens is 1. The Morgan fingerprint density at radius 1 is 1.06 bits per heavy atom. The number of quaternary nitrogens is 1. The number of carbonyl (C=O) groups excluding carboxylic acids is 4. The average Bonchev–Trinajstić information content (AvgIpc) is 3.29. The molecule has 1 aliphatic rings. The van der Waals surface area contributed by atoms with Gasteiger partial charge in [0.1, 0.15) is 5.69 Å². The summed E-state index contributed by atoms with van der Waals surface area (Å²) < 4.78 is 9.53. The van der Waals surface area contributed by atoms with Gasteiger partial charge in [0.25, 0.3) is 5.91 Å². The number of amides is 1. The van der Waals surface area contributed by atoms with Gasteiger partial charge in [-0.3, -0.25) is 9.59 Å². The van der Waals surface area contributed by atoms with Crippen molar-refractivity contribution in [3.05, 3.63) is 63.5 Å². The molecule has 1 amide bonds. The van der Waals surface area contributed by atoms with Crippen LogP contribution in [0.3, 0.4) is 0 Å². The number of aromatic amines is 1. The summed E-state index contributed by atoms with van der Waals surface area (Å²) >= 11 is 0. The molecule has 1 saturated heterocycles. The number of ether oxygens (including phenoxy) is 2. The molecule has 0 radical (unpaired) electrons. The summed E-state index contributed by atoms with van der Waals surface area (Å²) in [4.78, 5) is 55.8. The number of hydrogen-bond acceptors (Lipinski definition) is 7. The minimum atomic E-state index is -0.934. The molecule has 1 atom stereocenters. The van der Waals surface area contributed by atoms with Crippen LogP contribution in [0.2, 0.25) is 0 Å². The number of methoxy groups -OCH3 is 2. The lowest BCUT2D eigenvalue weighted by Gasteiger charge is -2.28. The number of aromatic nitrogens is 1. The lowest BCUT2D eigenvalue weighted by atomic mass is 9.93. The maximum atomic E-state index is 13.8. The number of rotatable bonds is 8. The van der Waals surface area contributed by atoms with Gasteiger partial charge in [0.15, 0.2) is 0 Å². The van der Waals surface area contributed by atoms with E-state index in [-0.39, 0.29) is 23.4 Å². The predicted octanol–water partition coefficient (Wildman–Crippen LogP) is -0.0367. The first-order chi connectivity index (χ1) is 17.0. The number of nitrogens with zero attached hydrogens (tertiary/aromatic N) is 1. The third kappa shape index (κ3) is 4.90. The van der Waals surface area contributed by atoms with Crippen molar-refractivity contribution in [3.63, 3.8) is 0 Å². The Morgan fingerprint density at radius 3 is 2.22 bits per heavy atom. The van der Waals surface area contributed by atoms with Crippen LogP contribution in [0.25, 0.3) is 5.76 Å². The first kappa shape index (κ1) is 26.7. The van der Waals surface area contributed by atoms with Gasteiger partial charge in [0.2, 0.25) is 5.78 Å². The molecular weight excluding hydrogens is 466 g/mol. The zero-order chi connectivity index (χ0) is 26.7. The molecule has 1 fully saturated rings. The van der Waals surface area contributed by atoms with Gasteiger partial charge in [-0.1, -0.05) is 17.9 Å². The lowest BCUT2D eigenvalue weighted by Crippen LogP contribution is -3.05. The van der Waals surface area contributed by atoms with Gasteiger partial charge in [0.05, 0.1) is 46.5 Å². The van der Waals surface area contributed by atoms with Crippen molar-refractivity contribution in [1.29, 1.82) is 0 Å². The van der Waals surface area contributed by atoms with Gasteiger partial charge < -0.3 is 29.4 Å². The van der Waals surface area contributed by atoms with Gasteiger partial charge in [-0.2, -0.15) is 0 Å². The fourth-order valence-electron chi connectivity index (χ4n) is 4.50. The predicted molar refractivity (Wildman–Crippen MR) is 128 cm³/mol. The van der Waals surface area contributed by atoms with Crippen molar-refractivity contribution in [2.75, 3.05) is 41.4 Å². The van der Waals surface area contributed by atoms with Crippen molar-refractivity contribution in [2.24, 2.45) is 0 Å². The van der Waals surface area contributed by atoms with Crippen LogP contribution in [0.4, 0.5) is 0 Å². The second-order valence-corrected chi connectivity index (χ2v) is 9.01. The average molecular weight is 498 g/mol. The molecule has 10 heteroatoms. The number of likely N-dealkylation sites (tertiary alicyclic amines) is 1. The Morgan fingerprint density at radius 2 is 1.67 bits per heavy atom. The van der Waals surface area contributed by atoms with Crippen LogP contribution in [0.5, 0.6) is 0 Å². The van der Waals surface area contributed by atoms with Gasteiger partial charge in [-0.15, -0.1) is 0 Å². The Balaban J connectivity index is 2.17. The van der Waals surface area contributed by atoms with E-state index in [1.807, 2.05) is 14.1 Å². The van der Waals surface area contributed by atoms with E-state index in [1.165, 1.54) is 36.2 Å². The summed E-state index contributed by atoms with van der Waals surface area (Å²) in [5.41, 5.74) is 1.62. The SMILES string of the molecule is COC(=O)c1ccc(C2/C(=C(\[O-])c3c(C)[nH]c(C(=O)OC)c3C)C(=O)C(=O)N2CCC[NH+](C)C)cc1. The van der Waals surface area contributed by atoms with Gasteiger partial charge in [-0.05, 0) is 42.7 Å². The number of hydrogen-bond donors (Lipinski definition) is 2. The van der Waals surface area contributed by atoms with E-state index >= 15 is 0 Å². The van der Waals surface area contributed by atoms with E-state index in [0.29, 0.717) is 28.8 Å². The molecule has 1 aromatic carbocycles. The van der Waals surface area contributed by atoms with Crippen LogP contribution < -0.4 is 10.0 Å². The third-order valence-electron chi connectivity index (χ3n) is 6.31. The highest BCUT2D eigenvalue weighted by Gasteiger charge is 2.44.